The van der Waals surface area contributed by atoms with E-state index in [0.717, 1.165) is 16.9 Å². The lowest BCUT2D eigenvalue weighted by molar-refractivity contribution is 0.130. The lowest BCUT2D eigenvalue weighted by atomic mass is 9.93. The van der Waals surface area contributed by atoms with Gasteiger partial charge in [0.15, 0.2) is 0 Å². The number of aromatic nitrogens is 3. The normalized spacial score (nSPS) is 14.1. The number of carbonyl (C=O) groups excluding carboxylic acids is 1. The highest BCUT2D eigenvalue weighted by Crippen LogP contribution is 2.32. The topological polar surface area (TPSA) is 80.5 Å². The fourth-order valence-corrected chi connectivity index (χ4v) is 3.25. The zero-order chi connectivity index (χ0) is 19.7. The molecule has 146 valence electrons. The molecule has 8 heteroatoms. The maximum absolute atomic E-state index is 11.8. The summed E-state index contributed by atoms with van der Waals surface area (Å²) in [7, 11) is 0. The number of carbonyl (C=O) groups is 1. The Kier molecular flexibility index (Phi) is 5.09. The summed E-state index contributed by atoms with van der Waals surface area (Å²) in [6, 6.07) is 6.42. The Balaban J connectivity index is 1.59. The smallest absolute Gasteiger partial charge is 0.411 e. The Morgan fingerprint density at radius 1 is 1.29 bits per heavy atom. The largest absolute Gasteiger partial charge is 0.447 e. The molecule has 1 amide bonds. The molecule has 0 radical (unpaired) electrons. The standard InChI is InChI=1S/C20H22ClN5O2/c1-12(2)28-20(27)24-15-9-22-19-25-18(11-26(19)10-15)16-8-14(6-7-17(16)21)23-13-4-3-5-13/h6-13,23H,3-5H2,1-2H3,(H,24,27). The molecule has 1 aliphatic rings. The van der Waals surface area contributed by atoms with Gasteiger partial charge in [0.1, 0.15) is 0 Å². The highest BCUT2D eigenvalue weighted by Gasteiger charge is 2.18. The summed E-state index contributed by atoms with van der Waals surface area (Å²) >= 11 is 6.42. The maximum atomic E-state index is 11.8. The second-order valence-electron chi connectivity index (χ2n) is 7.22. The molecule has 2 aromatic heterocycles. The number of hydrogen-bond acceptors (Lipinski definition) is 5. The predicted molar refractivity (Wildman–Crippen MR) is 110 cm³/mol. The summed E-state index contributed by atoms with van der Waals surface area (Å²) in [5, 5.41) is 6.81. The number of anilines is 2. The first-order chi connectivity index (χ1) is 13.5. The van der Waals surface area contributed by atoms with Crippen molar-refractivity contribution in [2.75, 3.05) is 10.6 Å². The van der Waals surface area contributed by atoms with E-state index in [1.165, 1.54) is 19.3 Å². The molecule has 0 unspecified atom stereocenters. The Morgan fingerprint density at radius 3 is 2.82 bits per heavy atom. The Bertz CT molecular complexity index is 1010. The fraction of sp³-hybridized carbons (Fsp3) is 0.350. The van der Waals surface area contributed by atoms with Crippen molar-refractivity contribution in [1.82, 2.24) is 14.4 Å². The van der Waals surface area contributed by atoms with Crippen LogP contribution in [0, 0.1) is 0 Å². The minimum absolute atomic E-state index is 0.195. The van der Waals surface area contributed by atoms with Crippen molar-refractivity contribution in [2.45, 2.75) is 45.3 Å². The SMILES string of the molecule is CC(C)OC(=O)Nc1cnc2nc(-c3cc(NC4CCC4)ccc3Cl)cn2c1. The average Bonchev–Trinajstić information content (AvgIpc) is 3.01. The summed E-state index contributed by atoms with van der Waals surface area (Å²) in [4.78, 5) is 20.6. The van der Waals surface area contributed by atoms with Crippen LogP contribution in [-0.4, -0.2) is 32.6 Å². The molecule has 0 atom stereocenters. The van der Waals surface area contributed by atoms with Gasteiger partial charge in [-0.05, 0) is 51.3 Å². The van der Waals surface area contributed by atoms with Crippen LogP contribution in [0.3, 0.4) is 0 Å². The van der Waals surface area contributed by atoms with Gasteiger partial charge in [0.2, 0.25) is 5.78 Å². The first-order valence-electron chi connectivity index (χ1n) is 9.37. The molecule has 0 saturated heterocycles. The monoisotopic (exact) mass is 399 g/mol. The van der Waals surface area contributed by atoms with E-state index >= 15 is 0 Å². The van der Waals surface area contributed by atoms with Gasteiger partial charge in [-0.3, -0.25) is 9.72 Å². The lowest BCUT2D eigenvalue weighted by Gasteiger charge is -2.27. The van der Waals surface area contributed by atoms with Gasteiger partial charge >= 0.3 is 6.09 Å². The summed E-state index contributed by atoms with van der Waals surface area (Å²) < 4.78 is 6.84. The Labute approximate surface area is 168 Å². The van der Waals surface area contributed by atoms with Crippen molar-refractivity contribution in [3.63, 3.8) is 0 Å². The van der Waals surface area contributed by atoms with E-state index in [-0.39, 0.29) is 6.10 Å². The molecule has 4 rings (SSSR count). The lowest BCUT2D eigenvalue weighted by Crippen LogP contribution is -2.26. The molecule has 0 bridgehead atoms. The number of amides is 1. The minimum Gasteiger partial charge on any atom is -0.447 e. The van der Waals surface area contributed by atoms with Crippen molar-refractivity contribution in [3.05, 3.63) is 41.8 Å². The average molecular weight is 400 g/mol. The van der Waals surface area contributed by atoms with Crippen molar-refractivity contribution < 1.29 is 9.53 Å². The van der Waals surface area contributed by atoms with Crippen molar-refractivity contribution in [2.24, 2.45) is 0 Å². The van der Waals surface area contributed by atoms with E-state index in [1.54, 1.807) is 30.6 Å². The van der Waals surface area contributed by atoms with Crippen LogP contribution in [0.15, 0.2) is 36.8 Å². The summed E-state index contributed by atoms with van der Waals surface area (Å²) in [6.07, 6.45) is 8.09. The quantitative estimate of drug-likeness (QED) is 0.633. The molecular formula is C20H22ClN5O2. The fourth-order valence-electron chi connectivity index (χ4n) is 3.04. The minimum atomic E-state index is -0.519. The van der Waals surface area contributed by atoms with Crippen LogP contribution in [0.2, 0.25) is 5.02 Å². The van der Waals surface area contributed by atoms with E-state index in [0.29, 0.717) is 22.5 Å². The van der Waals surface area contributed by atoms with Gasteiger partial charge in [-0.1, -0.05) is 11.6 Å². The molecule has 1 aromatic carbocycles. The molecule has 0 aliphatic heterocycles. The third-order valence-corrected chi connectivity index (χ3v) is 4.95. The predicted octanol–water partition coefficient (Wildman–Crippen LogP) is 4.97. The maximum Gasteiger partial charge on any atom is 0.411 e. The van der Waals surface area contributed by atoms with E-state index in [1.807, 2.05) is 24.4 Å². The number of hydrogen-bond donors (Lipinski definition) is 2. The number of nitrogens with one attached hydrogen (secondary N) is 2. The molecule has 1 fully saturated rings. The third kappa shape index (κ3) is 4.04. The molecular weight excluding hydrogens is 378 g/mol. The van der Waals surface area contributed by atoms with Gasteiger partial charge in [0, 0.05) is 29.7 Å². The first-order valence-corrected chi connectivity index (χ1v) is 9.74. The van der Waals surface area contributed by atoms with Crippen LogP contribution in [0.1, 0.15) is 33.1 Å². The molecule has 2 heterocycles. The van der Waals surface area contributed by atoms with Gasteiger partial charge in [0.05, 0.1) is 28.7 Å². The number of rotatable bonds is 5. The molecule has 7 nitrogen and oxygen atoms in total. The zero-order valence-corrected chi connectivity index (χ0v) is 16.5. The van der Waals surface area contributed by atoms with E-state index < -0.39 is 6.09 Å². The van der Waals surface area contributed by atoms with Crippen molar-refractivity contribution >= 4 is 34.8 Å². The summed E-state index contributed by atoms with van der Waals surface area (Å²) in [5.74, 6) is 0.520. The van der Waals surface area contributed by atoms with Gasteiger partial charge in [-0.2, -0.15) is 0 Å². The van der Waals surface area contributed by atoms with Crippen LogP contribution >= 0.6 is 11.6 Å². The number of ether oxygens (including phenoxy) is 1. The first kappa shape index (κ1) is 18.6. The third-order valence-electron chi connectivity index (χ3n) is 4.62. The number of fused-ring (bicyclic) bond motifs is 1. The van der Waals surface area contributed by atoms with E-state index in [9.17, 15) is 4.79 Å². The molecule has 1 aliphatic carbocycles. The Morgan fingerprint density at radius 2 is 2.11 bits per heavy atom. The van der Waals surface area contributed by atoms with E-state index in [4.69, 9.17) is 16.3 Å². The van der Waals surface area contributed by atoms with E-state index in [2.05, 4.69) is 20.6 Å². The van der Waals surface area contributed by atoms with Crippen molar-refractivity contribution in [1.29, 1.82) is 0 Å². The molecule has 28 heavy (non-hydrogen) atoms. The summed E-state index contributed by atoms with van der Waals surface area (Å²) in [6.45, 7) is 3.59. The van der Waals surface area contributed by atoms with Crippen LogP contribution in [0.5, 0.6) is 0 Å². The Hall–Kier alpha value is -2.80. The van der Waals surface area contributed by atoms with Crippen LogP contribution in [-0.2, 0) is 4.74 Å². The number of nitrogens with zero attached hydrogens (tertiary/aromatic N) is 3. The number of benzene rings is 1. The second kappa shape index (κ2) is 7.67. The van der Waals surface area contributed by atoms with Crippen molar-refractivity contribution in [3.8, 4) is 11.3 Å². The van der Waals surface area contributed by atoms with Gasteiger partial charge in [-0.25, -0.2) is 14.8 Å². The second-order valence-corrected chi connectivity index (χ2v) is 7.63. The number of halogens is 1. The highest BCUT2D eigenvalue weighted by atomic mass is 35.5. The molecule has 0 spiro atoms. The summed E-state index contributed by atoms with van der Waals surface area (Å²) in [5.41, 5.74) is 3.11. The van der Waals surface area contributed by atoms with Gasteiger partial charge < -0.3 is 10.1 Å². The van der Waals surface area contributed by atoms with Crippen LogP contribution in [0.25, 0.3) is 17.0 Å². The molecule has 1 saturated carbocycles. The zero-order valence-electron chi connectivity index (χ0n) is 15.8. The highest BCUT2D eigenvalue weighted by molar-refractivity contribution is 6.33. The number of imidazole rings is 1. The van der Waals surface area contributed by atoms with Gasteiger partial charge in [0.25, 0.3) is 0 Å². The van der Waals surface area contributed by atoms with Gasteiger partial charge in [-0.15, -0.1) is 0 Å². The molecule has 3 aromatic rings. The van der Waals surface area contributed by atoms with Crippen LogP contribution < -0.4 is 10.6 Å². The van der Waals surface area contributed by atoms with Crippen LogP contribution in [0.4, 0.5) is 16.2 Å². The molecule has 2 N–H and O–H groups in total.